The number of pyridine rings is 1. The number of benzene rings is 1. The number of imidazole rings is 1. The highest BCUT2D eigenvalue weighted by atomic mass is 19.4. The molecule has 40 heavy (non-hydrogen) atoms. The monoisotopic (exact) mass is 564 g/mol. The highest BCUT2D eigenvalue weighted by Crippen LogP contribution is 2.24. The molecule has 1 saturated heterocycles. The molecule has 1 aliphatic heterocycles. The smallest absolute Gasteiger partial charge is 0.430 e. The highest BCUT2D eigenvalue weighted by molar-refractivity contribution is 5.95. The zero-order valence-corrected chi connectivity index (χ0v) is 22.1. The van der Waals surface area contributed by atoms with E-state index >= 15 is 0 Å². The average Bonchev–Trinajstić information content (AvgIpc) is 3.34. The Morgan fingerprint density at radius 1 is 1.10 bits per heavy atom. The second-order valence-electron chi connectivity index (χ2n) is 9.15. The lowest BCUT2D eigenvalue weighted by molar-refractivity contribution is -0.514. The minimum atomic E-state index is -5.19. The number of aromatic nitrogens is 2. The van der Waals surface area contributed by atoms with Crippen molar-refractivity contribution in [3.63, 3.8) is 0 Å². The summed E-state index contributed by atoms with van der Waals surface area (Å²) >= 11 is 0. The summed E-state index contributed by atoms with van der Waals surface area (Å²) in [5, 5.41) is 21.8. The number of amides is 2. The quantitative estimate of drug-likeness (QED) is 0.372. The van der Waals surface area contributed by atoms with Crippen LogP contribution in [0.15, 0.2) is 48.7 Å². The Bertz CT molecular complexity index is 1330. The number of carbonyl (C=O) groups is 3. The van der Waals surface area contributed by atoms with Crippen LogP contribution in [0.3, 0.4) is 0 Å². The number of H-pyrrole nitrogens is 1. The van der Waals surface area contributed by atoms with E-state index in [0.29, 0.717) is 50.5 Å². The van der Waals surface area contributed by atoms with E-state index < -0.39 is 17.7 Å². The van der Waals surface area contributed by atoms with Gasteiger partial charge in [0.2, 0.25) is 0 Å². The molecule has 1 aromatic carbocycles. The zero-order valence-electron chi connectivity index (χ0n) is 22.1. The van der Waals surface area contributed by atoms with Gasteiger partial charge in [-0.25, -0.2) is 4.98 Å². The van der Waals surface area contributed by atoms with Crippen molar-refractivity contribution in [3.8, 4) is 11.3 Å². The number of halogens is 3. The number of ether oxygens (including phenoxy) is 1. The number of carbonyl (C=O) groups excluding carboxylic acids is 3. The number of hydrogen-bond acceptors (Lipinski definition) is 6. The van der Waals surface area contributed by atoms with Gasteiger partial charge in [-0.1, -0.05) is 6.07 Å². The number of fused-ring (bicyclic) bond motifs is 1. The highest BCUT2D eigenvalue weighted by Gasteiger charge is 2.37. The minimum absolute atomic E-state index is 0.00287. The minimum Gasteiger partial charge on any atom is -0.542 e. The molecule has 2 amide bonds. The molecule has 0 unspecified atom stereocenters. The number of hydrogen-bond donors (Lipinski definition) is 3. The number of aromatic amines is 1. The molecule has 3 heterocycles. The molecule has 0 bridgehead atoms. The third-order valence-corrected chi connectivity index (χ3v) is 6.65. The first-order chi connectivity index (χ1) is 19.0. The summed E-state index contributed by atoms with van der Waals surface area (Å²) in [6.07, 6.45) is -2.24. The van der Waals surface area contributed by atoms with Crippen LogP contribution in [0, 0.1) is 0 Å². The second-order valence-corrected chi connectivity index (χ2v) is 9.15. The normalized spacial score (nSPS) is 14.7. The van der Waals surface area contributed by atoms with Crippen molar-refractivity contribution in [2.45, 2.75) is 38.4 Å². The Morgan fingerprint density at radius 3 is 2.23 bits per heavy atom. The number of nitrogens with one attached hydrogen (secondary N) is 2. The molecule has 10 nitrogen and oxygen atoms in total. The number of alkyl halides is 3. The van der Waals surface area contributed by atoms with Crippen molar-refractivity contribution < 1.29 is 46.9 Å². The van der Waals surface area contributed by atoms with Gasteiger partial charge in [0.25, 0.3) is 5.91 Å². The summed E-state index contributed by atoms with van der Waals surface area (Å²) in [5.41, 5.74) is 2.45. The fourth-order valence-electron chi connectivity index (χ4n) is 4.33. The van der Waals surface area contributed by atoms with Crippen LogP contribution in [0.5, 0.6) is 0 Å². The van der Waals surface area contributed by atoms with Gasteiger partial charge in [0.05, 0.1) is 18.3 Å². The van der Waals surface area contributed by atoms with Crippen molar-refractivity contribution in [3.05, 3.63) is 60.0 Å². The largest absolute Gasteiger partial charge is 0.542 e. The van der Waals surface area contributed by atoms with E-state index in [2.05, 4.69) is 10.3 Å². The molecule has 1 aliphatic rings. The number of carboxylic acid groups (broad SMARTS) is 1. The van der Waals surface area contributed by atoms with Crippen LogP contribution in [-0.2, 0) is 9.53 Å². The Hall–Kier alpha value is -3.97. The maximum absolute atomic E-state index is 13.3. The average molecular weight is 565 g/mol. The van der Waals surface area contributed by atoms with Gasteiger partial charge < -0.3 is 30.0 Å². The van der Waals surface area contributed by atoms with Gasteiger partial charge >= 0.3 is 17.9 Å². The van der Waals surface area contributed by atoms with E-state index in [1.54, 1.807) is 4.90 Å². The van der Waals surface area contributed by atoms with Gasteiger partial charge in [-0.15, -0.1) is 0 Å². The number of aliphatic carboxylic acids is 1. The van der Waals surface area contributed by atoms with E-state index in [9.17, 15) is 27.9 Å². The third kappa shape index (κ3) is 6.96. The Labute approximate surface area is 228 Å². The fourth-order valence-corrected chi connectivity index (χ4v) is 4.33. The first-order valence-corrected chi connectivity index (χ1v) is 12.7. The summed E-state index contributed by atoms with van der Waals surface area (Å²) in [6.45, 7) is 6.12. The molecule has 0 saturated carbocycles. The van der Waals surface area contributed by atoms with Crippen LogP contribution in [-0.4, -0.2) is 77.4 Å². The molecule has 4 rings (SSSR count). The van der Waals surface area contributed by atoms with Crippen molar-refractivity contribution in [2.24, 2.45) is 0 Å². The molecule has 13 heteroatoms. The van der Waals surface area contributed by atoms with Gasteiger partial charge in [0, 0.05) is 37.4 Å². The summed E-state index contributed by atoms with van der Waals surface area (Å²) in [4.78, 5) is 39.7. The third-order valence-electron chi connectivity index (χ3n) is 6.65. The number of aliphatic hydroxyl groups is 1. The van der Waals surface area contributed by atoms with E-state index in [0.717, 1.165) is 16.8 Å². The number of aliphatic hydroxyl groups excluding tert-OH is 1. The summed E-state index contributed by atoms with van der Waals surface area (Å²) in [7, 11) is 0. The summed E-state index contributed by atoms with van der Waals surface area (Å²) in [5.74, 6) is -2.91. The molecule has 216 valence electrons. The Morgan fingerprint density at radius 2 is 1.70 bits per heavy atom. The predicted molar refractivity (Wildman–Crippen MR) is 135 cm³/mol. The topological polar surface area (TPSA) is 139 Å². The van der Waals surface area contributed by atoms with Crippen LogP contribution in [0.2, 0.25) is 0 Å². The summed E-state index contributed by atoms with van der Waals surface area (Å²) in [6, 6.07) is 13.1. The molecule has 3 aromatic rings. The van der Waals surface area contributed by atoms with Gasteiger partial charge in [0.15, 0.2) is 11.2 Å². The van der Waals surface area contributed by atoms with Crippen molar-refractivity contribution in [1.29, 1.82) is 0 Å². The second kappa shape index (κ2) is 12.9. The van der Waals surface area contributed by atoms with Crippen LogP contribution < -0.4 is 14.8 Å². The van der Waals surface area contributed by atoms with Crippen LogP contribution in [0.1, 0.15) is 47.7 Å². The standard InChI is InChI=1S/C25H30N4O4.C2HF3O2/c1-3-28(4-2)24(32)19-10-8-18(9-11-19)21-20-7-5-6-14-29(20)22(26-21)23(31)27-25(17-30)12-15-33-16-13-25;3-2(4,5)1(6)7/h5-11,14,30H,3-4,12-13,15-17H2,1-2H3,(H,27,31);(H,6,7). The maximum atomic E-state index is 13.3. The number of carboxylic acids is 1. The molecule has 2 aromatic heterocycles. The Kier molecular flexibility index (Phi) is 9.88. The molecule has 0 radical (unpaired) electrons. The van der Waals surface area contributed by atoms with Crippen LogP contribution in [0.4, 0.5) is 13.2 Å². The van der Waals surface area contributed by atoms with E-state index in [4.69, 9.17) is 14.6 Å². The fraction of sp³-hybridized carbons (Fsp3) is 0.407. The lowest BCUT2D eigenvalue weighted by atomic mass is 9.91. The van der Waals surface area contributed by atoms with E-state index in [1.807, 2.05) is 66.9 Å². The number of rotatable bonds is 7. The van der Waals surface area contributed by atoms with Gasteiger partial charge in [0.1, 0.15) is 5.97 Å². The predicted octanol–water partition coefficient (Wildman–Crippen LogP) is 1.47. The van der Waals surface area contributed by atoms with E-state index in [-0.39, 0.29) is 18.4 Å². The number of nitrogens with zero attached hydrogens (tertiary/aromatic N) is 2. The SMILES string of the molecule is CCN(CC)C(=O)c1ccc(-c2[nH]c(C(=O)NC3(CO)CCOCC3)[n+]3ccccc23)cc1.O=C([O-])C(F)(F)F. The molecular formula is C27H31F3N4O6. The molecule has 3 N–H and O–H groups in total. The van der Waals surface area contributed by atoms with Gasteiger partial charge in [-0.3, -0.25) is 9.59 Å². The Balaban J connectivity index is 0.000000559. The summed E-state index contributed by atoms with van der Waals surface area (Å²) < 4.78 is 38.8. The van der Waals surface area contributed by atoms with Crippen molar-refractivity contribution in [2.75, 3.05) is 32.9 Å². The van der Waals surface area contributed by atoms with Gasteiger partial charge in [-0.2, -0.15) is 17.6 Å². The van der Waals surface area contributed by atoms with Crippen molar-refractivity contribution >= 4 is 23.3 Å². The molecule has 1 fully saturated rings. The van der Waals surface area contributed by atoms with Crippen LogP contribution >= 0.6 is 0 Å². The molecule has 0 atom stereocenters. The first kappa shape index (κ1) is 30.6. The maximum Gasteiger partial charge on any atom is 0.430 e. The van der Waals surface area contributed by atoms with E-state index in [1.165, 1.54) is 0 Å². The zero-order chi connectivity index (χ0) is 29.5. The molecular weight excluding hydrogens is 533 g/mol. The lowest BCUT2D eigenvalue weighted by Gasteiger charge is -2.35. The molecule has 0 aliphatic carbocycles. The molecule has 0 spiro atoms. The van der Waals surface area contributed by atoms with Crippen molar-refractivity contribution in [1.82, 2.24) is 15.2 Å². The first-order valence-electron chi connectivity index (χ1n) is 12.7. The van der Waals surface area contributed by atoms with Crippen LogP contribution in [0.25, 0.3) is 16.8 Å². The van der Waals surface area contributed by atoms with Gasteiger partial charge in [-0.05, 0) is 63.1 Å². The lowest BCUT2D eigenvalue weighted by Crippen LogP contribution is -2.55.